The Balaban J connectivity index is 1.29. The van der Waals surface area contributed by atoms with Crippen LogP contribution >= 0.6 is 0 Å². The average Bonchev–Trinajstić information content (AvgIpc) is 2.71. The van der Waals surface area contributed by atoms with Gasteiger partial charge in [-0.2, -0.15) is 0 Å². The normalized spacial score (nSPS) is 28.5. The Kier molecular flexibility index (Phi) is 5.31. The van der Waals surface area contributed by atoms with Gasteiger partial charge in [0.2, 0.25) is 15.9 Å². The molecule has 1 N–H and O–H groups in total. The van der Waals surface area contributed by atoms with Crippen molar-refractivity contribution in [3.63, 3.8) is 0 Å². The van der Waals surface area contributed by atoms with E-state index in [0.717, 1.165) is 29.6 Å². The van der Waals surface area contributed by atoms with Gasteiger partial charge in [0.05, 0.1) is 11.9 Å². The van der Waals surface area contributed by atoms with Crippen LogP contribution in [0.2, 0.25) is 0 Å². The van der Waals surface area contributed by atoms with Gasteiger partial charge in [-0.25, -0.2) is 8.42 Å². The number of hydrogen-bond acceptors (Lipinski definition) is 3. The topological polar surface area (TPSA) is 66.5 Å². The van der Waals surface area contributed by atoms with Crippen molar-refractivity contribution in [2.24, 2.45) is 17.8 Å². The molecule has 4 fully saturated rings. The number of carbonyl (C=O) groups excluding carboxylic acids is 1. The summed E-state index contributed by atoms with van der Waals surface area (Å²) in [6.07, 6.45) is 9.33. The van der Waals surface area contributed by atoms with Crippen LogP contribution in [0.3, 0.4) is 0 Å². The van der Waals surface area contributed by atoms with Gasteiger partial charge >= 0.3 is 0 Å². The van der Waals surface area contributed by atoms with E-state index in [4.69, 9.17) is 0 Å². The molecule has 4 aliphatic rings. The number of anilines is 2. The van der Waals surface area contributed by atoms with E-state index >= 15 is 0 Å². The molecule has 1 amide bonds. The maximum absolute atomic E-state index is 12.7. The van der Waals surface area contributed by atoms with Gasteiger partial charge in [0.25, 0.3) is 0 Å². The summed E-state index contributed by atoms with van der Waals surface area (Å²) in [4.78, 5) is 12.7. The number of aryl methyl sites for hydroxylation is 1. The highest BCUT2D eigenvalue weighted by molar-refractivity contribution is 7.92. The van der Waals surface area contributed by atoms with Crippen LogP contribution < -0.4 is 9.62 Å². The molecule has 0 unspecified atom stereocenters. The van der Waals surface area contributed by atoms with Crippen LogP contribution in [-0.2, 0) is 20.2 Å². The third-order valence-corrected chi connectivity index (χ3v) is 9.02. The van der Waals surface area contributed by atoms with Crippen LogP contribution in [0.5, 0.6) is 0 Å². The summed E-state index contributed by atoms with van der Waals surface area (Å²) in [6, 6.07) is 15.5. The van der Waals surface area contributed by atoms with Crippen LogP contribution in [0.15, 0.2) is 48.5 Å². The summed E-state index contributed by atoms with van der Waals surface area (Å²) in [7, 11) is -3.59. The van der Waals surface area contributed by atoms with E-state index in [1.165, 1.54) is 48.4 Å². The average molecular weight is 453 g/mol. The fourth-order valence-electron chi connectivity index (χ4n) is 6.93. The van der Waals surface area contributed by atoms with Crippen LogP contribution in [-0.4, -0.2) is 27.1 Å². The number of sulfonamides is 1. The van der Waals surface area contributed by atoms with Crippen molar-refractivity contribution in [2.75, 3.05) is 22.4 Å². The van der Waals surface area contributed by atoms with Crippen molar-refractivity contribution in [3.8, 4) is 0 Å². The first-order chi connectivity index (χ1) is 15.2. The second kappa shape index (κ2) is 7.91. The molecule has 4 saturated carbocycles. The number of hydrogen-bond donors (Lipinski definition) is 1. The van der Waals surface area contributed by atoms with Gasteiger partial charge in [-0.15, -0.1) is 0 Å². The predicted octanol–water partition coefficient (Wildman–Crippen LogP) is 4.87. The summed E-state index contributed by atoms with van der Waals surface area (Å²) >= 11 is 0. The number of nitrogens with one attached hydrogen (secondary N) is 1. The minimum absolute atomic E-state index is 0.250. The number of rotatable bonds is 6. The third kappa shape index (κ3) is 4.05. The van der Waals surface area contributed by atoms with Gasteiger partial charge in [0.15, 0.2) is 0 Å². The van der Waals surface area contributed by atoms with Crippen molar-refractivity contribution in [1.29, 1.82) is 0 Å². The van der Waals surface area contributed by atoms with E-state index < -0.39 is 10.0 Å². The molecule has 0 atom stereocenters. The molecule has 170 valence electrons. The lowest BCUT2D eigenvalue weighted by atomic mass is 9.48. The zero-order valence-corrected chi connectivity index (χ0v) is 19.7. The van der Waals surface area contributed by atoms with Crippen LogP contribution in [0.1, 0.15) is 49.7 Å². The molecule has 0 aliphatic heterocycles. The number of nitrogens with zero attached hydrogens (tertiary/aromatic N) is 1. The molecule has 32 heavy (non-hydrogen) atoms. The molecule has 4 aliphatic carbocycles. The molecule has 2 aromatic carbocycles. The Bertz CT molecular complexity index is 1090. The standard InChI is InChI=1S/C26H32N2O3S/c1-18-5-3-4-6-24(18)28(32(2,30)31)17-25(29)27-23-9-7-22(8-10-23)26-14-19-11-20(15-26)13-21(12-19)16-26/h3-10,19-21H,11-17H2,1-2H3,(H,27,29). The number of benzene rings is 2. The lowest BCUT2D eigenvalue weighted by Gasteiger charge is -2.57. The quantitative estimate of drug-likeness (QED) is 0.680. The van der Waals surface area contributed by atoms with E-state index in [2.05, 4.69) is 17.4 Å². The SMILES string of the molecule is Cc1ccccc1N(CC(=O)Nc1ccc(C23CC4CC(CC(C4)C2)C3)cc1)S(C)(=O)=O. The maximum atomic E-state index is 12.7. The van der Waals surface area contributed by atoms with E-state index in [-0.39, 0.29) is 12.5 Å². The van der Waals surface area contributed by atoms with Crippen molar-refractivity contribution in [1.82, 2.24) is 0 Å². The number of amides is 1. The van der Waals surface area contributed by atoms with Gasteiger partial charge < -0.3 is 5.32 Å². The molecule has 6 heteroatoms. The van der Waals surface area contributed by atoms with Crippen LogP contribution in [0.25, 0.3) is 0 Å². The van der Waals surface area contributed by atoms with Gasteiger partial charge in [-0.1, -0.05) is 30.3 Å². The van der Waals surface area contributed by atoms with E-state index in [1.54, 1.807) is 12.1 Å². The second-order valence-corrected chi connectivity index (χ2v) is 12.3. The summed E-state index contributed by atoms with van der Waals surface area (Å²) in [5.74, 6) is 2.33. The zero-order valence-electron chi connectivity index (χ0n) is 18.9. The molecule has 0 aromatic heterocycles. The summed E-state index contributed by atoms with van der Waals surface area (Å²) in [5.41, 5.74) is 3.79. The van der Waals surface area contributed by atoms with Gasteiger partial charge in [0, 0.05) is 5.69 Å². The van der Waals surface area contributed by atoms with Crippen LogP contribution in [0, 0.1) is 24.7 Å². The lowest BCUT2D eigenvalue weighted by Crippen LogP contribution is -2.48. The van der Waals surface area contributed by atoms with E-state index in [1.807, 2.05) is 31.2 Å². The smallest absolute Gasteiger partial charge is 0.245 e. The highest BCUT2D eigenvalue weighted by Crippen LogP contribution is 2.60. The minimum Gasteiger partial charge on any atom is -0.325 e. The number of para-hydroxylation sites is 1. The van der Waals surface area contributed by atoms with Gasteiger partial charge in [-0.05, 0) is 97.9 Å². The molecule has 0 spiro atoms. The Morgan fingerprint density at radius 1 is 0.969 bits per heavy atom. The van der Waals surface area contributed by atoms with Gasteiger partial charge in [0.1, 0.15) is 6.54 Å². The highest BCUT2D eigenvalue weighted by Gasteiger charge is 2.51. The van der Waals surface area contributed by atoms with Crippen molar-refractivity contribution >= 4 is 27.3 Å². The molecule has 2 aromatic rings. The molecular formula is C26H32N2O3S. The van der Waals surface area contributed by atoms with Crippen molar-refractivity contribution in [2.45, 2.75) is 50.9 Å². The fourth-order valence-corrected chi connectivity index (χ4v) is 7.84. The first-order valence-corrected chi connectivity index (χ1v) is 13.5. The molecule has 6 rings (SSSR count). The minimum atomic E-state index is -3.59. The number of carbonyl (C=O) groups is 1. The molecular weight excluding hydrogens is 420 g/mol. The monoisotopic (exact) mass is 452 g/mol. The van der Waals surface area contributed by atoms with E-state index in [9.17, 15) is 13.2 Å². The second-order valence-electron chi connectivity index (χ2n) is 10.4. The third-order valence-electron chi connectivity index (χ3n) is 7.89. The van der Waals surface area contributed by atoms with Crippen LogP contribution in [0.4, 0.5) is 11.4 Å². The Morgan fingerprint density at radius 3 is 2.06 bits per heavy atom. The molecule has 4 bridgehead atoms. The Hall–Kier alpha value is -2.34. The van der Waals surface area contributed by atoms with Gasteiger partial charge in [-0.3, -0.25) is 9.10 Å². The lowest BCUT2D eigenvalue weighted by molar-refractivity contribution is -0.114. The largest absolute Gasteiger partial charge is 0.325 e. The molecule has 0 saturated heterocycles. The fraction of sp³-hybridized carbons (Fsp3) is 0.500. The maximum Gasteiger partial charge on any atom is 0.245 e. The highest BCUT2D eigenvalue weighted by atomic mass is 32.2. The molecule has 5 nitrogen and oxygen atoms in total. The summed E-state index contributed by atoms with van der Waals surface area (Å²) in [6.45, 7) is 1.59. The summed E-state index contributed by atoms with van der Waals surface area (Å²) < 4.78 is 25.9. The van der Waals surface area contributed by atoms with E-state index in [0.29, 0.717) is 16.8 Å². The zero-order chi connectivity index (χ0) is 22.5. The van der Waals surface area contributed by atoms with Crippen molar-refractivity contribution < 1.29 is 13.2 Å². The molecule has 0 radical (unpaired) electrons. The Morgan fingerprint density at radius 2 is 1.53 bits per heavy atom. The first-order valence-electron chi connectivity index (χ1n) is 11.7. The van der Waals surface area contributed by atoms with Crippen molar-refractivity contribution in [3.05, 3.63) is 59.7 Å². The predicted molar refractivity (Wildman–Crippen MR) is 128 cm³/mol. The first kappa shape index (κ1) is 21.5. The summed E-state index contributed by atoms with van der Waals surface area (Å²) in [5, 5.41) is 2.89. The Labute approximate surface area is 191 Å². The molecule has 0 heterocycles.